The van der Waals surface area contributed by atoms with Crippen molar-refractivity contribution in [2.45, 2.75) is 37.5 Å². The maximum Gasteiger partial charge on any atom is 0.308 e. The van der Waals surface area contributed by atoms with Crippen molar-refractivity contribution < 1.29 is 22.7 Å². The molecule has 0 aliphatic carbocycles. The lowest BCUT2D eigenvalue weighted by Gasteiger charge is -2.19. The predicted molar refractivity (Wildman–Crippen MR) is 130 cm³/mol. The van der Waals surface area contributed by atoms with Gasteiger partial charge in [-0.15, -0.1) is 11.3 Å². The number of carbonyl (C=O) groups is 2. The Balaban J connectivity index is 1.47. The minimum Gasteiger partial charge on any atom is -0.426 e. The zero-order chi connectivity index (χ0) is 24.1. The molecule has 1 fully saturated rings. The van der Waals surface area contributed by atoms with Crippen LogP contribution in [-0.2, 0) is 14.8 Å². The highest BCUT2D eigenvalue weighted by molar-refractivity contribution is 7.89. The molecule has 1 saturated heterocycles. The van der Waals surface area contributed by atoms with Crippen LogP contribution in [0.5, 0.6) is 5.75 Å². The monoisotopic (exact) mass is 499 g/mol. The normalized spacial score (nSPS) is 14.9. The van der Waals surface area contributed by atoms with Gasteiger partial charge in [-0.3, -0.25) is 14.9 Å². The first kappa shape index (κ1) is 24.1. The summed E-state index contributed by atoms with van der Waals surface area (Å²) >= 11 is 1.24. The lowest BCUT2D eigenvalue weighted by atomic mass is 10.2. The van der Waals surface area contributed by atoms with Crippen molar-refractivity contribution in [3.63, 3.8) is 0 Å². The molecule has 8 nitrogen and oxygen atoms in total. The Hall–Kier alpha value is -3.08. The molecule has 2 heterocycles. The molecule has 0 bridgehead atoms. The third-order valence-electron chi connectivity index (χ3n) is 5.46. The van der Waals surface area contributed by atoms with Crippen molar-refractivity contribution >= 4 is 38.4 Å². The number of amides is 1. The van der Waals surface area contributed by atoms with Gasteiger partial charge in [0.05, 0.1) is 16.2 Å². The molecule has 34 heavy (non-hydrogen) atoms. The maximum absolute atomic E-state index is 13.0. The van der Waals surface area contributed by atoms with E-state index >= 15 is 0 Å². The summed E-state index contributed by atoms with van der Waals surface area (Å²) in [4.78, 5) is 28.7. The van der Waals surface area contributed by atoms with Gasteiger partial charge < -0.3 is 4.74 Å². The van der Waals surface area contributed by atoms with Gasteiger partial charge in [0, 0.05) is 31.0 Å². The SMILES string of the molecule is CC(=O)Oc1ccccc1C(=O)Nc1nc(-c2ccc(S(=O)(=O)N3CCCCCC3)cc2)cs1. The fourth-order valence-electron chi connectivity index (χ4n) is 3.76. The van der Waals surface area contributed by atoms with Crippen molar-refractivity contribution in [2.24, 2.45) is 0 Å². The second-order valence-corrected chi connectivity index (χ2v) is 10.7. The van der Waals surface area contributed by atoms with Gasteiger partial charge >= 0.3 is 5.97 Å². The standard InChI is InChI=1S/C24H25N3O5S2/c1-17(28)32-22-9-5-4-8-20(22)23(29)26-24-25-21(16-33-24)18-10-12-19(13-11-18)34(30,31)27-14-6-2-3-7-15-27/h4-5,8-13,16H,2-3,6-7,14-15H2,1H3,(H,25,26,29). The second kappa shape index (κ2) is 10.5. The van der Waals surface area contributed by atoms with Crippen LogP contribution in [0, 0.1) is 0 Å². The largest absolute Gasteiger partial charge is 0.426 e. The number of anilines is 1. The second-order valence-electron chi connectivity index (χ2n) is 7.92. The van der Waals surface area contributed by atoms with E-state index in [-0.39, 0.29) is 16.2 Å². The quantitative estimate of drug-likeness (QED) is 0.394. The summed E-state index contributed by atoms with van der Waals surface area (Å²) in [5.74, 6) is -0.791. The van der Waals surface area contributed by atoms with E-state index in [1.165, 1.54) is 18.3 Å². The number of benzene rings is 2. The highest BCUT2D eigenvalue weighted by Gasteiger charge is 2.25. The van der Waals surface area contributed by atoms with Gasteiger partial charge in [-0.1, -0.05) is 37.1 Å². The summed E-state index contributed by atoms with van der Waals surface area (Å²) in [6.07, 6.45) is 3.89. The fraction of sp³-hybridized carbons (Fsp3) is 0.292. The average molecular weight is 500 g/mol. The minimum absolute atomic E-state index is 0.172. The number of ether oxygens (including phenoxy) is 1. The Morgan fingerprint density at radius 1 is 1.00 bits per heavy atom. The van der Waals surface area contributed by atoms with E-state index < -0.39 is 21.9 Å². The molecule has 1 aliphatic rings. The molecule has 0 atom stereocenters. The van der Waals surface area contributed by atoms with E-state index in [0.29, 0.717) is 23.9 Å². The van der Waals surface area contributed by atoms with Crippen LogP contribution < -0.4 is 10.1 Å². The highest BCUT2D eigenvalue weighted by atomic mass is 32.2. The van der Waals surface area contributed by atoms with E-state index in [1.807, 2.05) is 0 Å². The predicted octanol–water partition coefficient (Wildman–Crippen LogP) is 4.55. The summed E-state index contributed by atoms with van der Waals surface area (Å²) in [5, 5.41) is 4.88. The van der Waals surface area contributed by atoms with Gasteiger partial charge in [0.15, 0.2) is 5.13 Å². The Morgan fingerprint density at radius 3 is 2.35 bits per heavy atom. The van der Waals surface area contributed by atoms with E-state index in [0.717, 1.165) is 31.2 Å². The number of hydrogen-bond acceptors (Lipinski definition) is 7. The van der Waals surface area contributed by atoms with Crippen molar-refractivity contribution in [2.75, 3.05) is 18.4 Å². The molecule has 0 radical (unpaired) electrons. The van der Waals surface area contributed by atoms with Gasteiger partial charge in [0.1, 0.15) is 5.75 Å². The molecule has 0 saturated carbocycles. The molecule has 178 valence electrons. The van der Waals surface area contributed by atoms with Crippen molar-refractivity contribution in [3.8, 4) is 17.0 Å². The van der Waals surface area contributed by atoms with Crippen LogP contribution in [-0.4, -0.2) is 42.7 Å². The number of nitrogens with zero attached hydrogens (tertiary/aromatic N) is 2. The Kier molecular flexibility index (Phi) is 7.40. The minimum atomic E-state index is -3.52. The molecule has 10 heteroatoms. The van der Waals surface area contributed by atoms with Gasteiger partial charge in [-0.05, 0) is 37.1 Å². The average Bonchev–Trinajstić information content (AvgIpc) is 3.10. The highest BCUT2D eigenvalue weighted by Crippen LogP contribution is 2.28. The number of thiazole rings is 1. The molecule has 1 N–H and O–H groups in total. The maximum atomic E-state index is 13.0. The van der Waals surface area contributed by atoms with Crippen LogP contribution in [0.1, 0.15) is 43.0 Å². The smallest absolute Gasteiger partial charge is 0.308 e. The summed E-state index contributed by atoms with van der Waals surface area (Å²) in [6, 6.07) is 13.1. The van der Waals surface area contributed by atoms with E-state index in [4.69, 9.17) is 4.74 Å². The summed E-state index contributed by atoms with van der Waals surface area (Å²) in [5.41, 5.74) is 1.58. The van der Waals surface area contributed by atoms with Gasteiger partial charge in [0.25, 0.3) is 5.91 Å². The topological polar surface area (TPSA) is 106 Å². The fourth-order valence-corrected chi connectivity index (χ4v) is 5.99. The molecule has 1 amide bonds. The first-order valence-electron chi connectivity index (χ1n) is 11.0. The Morgan fingerprint density at radius 2 is 1.68 bits per heavy atom. The lowest BCUT2D eigenvalue weighted by molar-refractivity contribution is -0.131. The molecule has 0 spiro atoms. The van der Waals surface area contributed by atoms with E-state index in [1.54, 1.807) is 58.2 Å². The lowest BCUT2D eigenvalue weighted by Crippen LogP contribution is -2.31. The summed E-state index contributed by atoms with van der Waals surface area (Å²) in [6.45, 7) is 2.38. The van der Waals surface area contributed by atoms with E-state index in [9.17, 15) is 18.0 Å². The van der Waals surface area contributed by atoms with Crippen molar-refractivity contribution in [1.82, 2.24) is 9.29 Å². The van der Waals surface area contributed by atoms with Crippen LogP contribution in [0.15, 0.2) is 58.8 Å². The molecule has 3 aromatic rings. The number of esters is 1. The zero-order valence-corrected chi connectivity index (χ0v) is 20.3. The van der Waals surface area contributed by atoms with Crippen LogP contribution in [0.2, 0.25) is 0 Å². The third kappa shape index (κ3) is 5.52. The Labute approximate surface area is 202 Å². The van der Waals surface area contributed by atoms with Crippen molar-refractivity contribution in [3.05, 3.63) is 59.5 Å². The molecular formula is C24H25N3O5S2. The number of nitrogens with one attached hydrogen (secondary N) is 1. The number of carbonyl (C=O) groups excluding carboxylic acids is 2. The van der Waals surface area contributed by atoms with Crippen molar-refractivity contribution in [1.29, 1.82) is 0 Å². The summed E-state index contributed by atoms with van der Waals surface area (Å²) in [7, 11) is -3.52. The van der Waals surface area contributed by atoms with Gasteiger partial charge in [0.2, 0.25) is 10.0 Å². The van der Waals surface area contributed by atoms with Crippen LogP contribution in [0.3, 0.4) is 0 Å². The summed E-state index contributed by atoms with van der Waals surface area (Å²) < 4.78 is 32.6. The molecule has 1 aliphatic heterocycles. The van der Waals surface area contributed by atoms with Gasteiger partial charge in [-0.2, -0.15) is 4.31 Å². The molecule has 2 aromatic carbocycles. The number of aromatic nitrogens is 1. The zero-order valence-electron chi connectivity index (χ0n) is 18.7. The first-order valence-corrected chi connectivity index (χ1v) is 13.3. The Bertz CT molecular complexity index is 1280. The molecule has 1 aromatic heterocycles. The van der Waals surface area contributed by atoms with Crippen LogP contribution >= 0.6 is 11.3 Å². The van der Waals surface area contributed by atoms with Crippen LogP contribution in [0.4, 0.5) is 5.13 Å². The first-order chi connectivity index (χ1) is 16.3. The molecular weight excluding hydrogens is 474 g/mol. The molecule has 0 unspecified atom stereocenters. The van der Waals surface area contributed by atoms with E-state index in [2.05, 4.69) is 10.3 Å². The third-order valence-corrected chi connectivity index (χ3v) is 8.13. The number of rotatable bonds is 6. The number of hydrogen-bond donors (Lipinski definition) is 1. The number of sulfonamides is 1. The van der Waals surface area contributed by atoms with Crippen LogP contribution in [0.25, 0.3) is 11.3 Å². The molecule has 4 rings (SSSR count). The van der Waals surface area contributed by atoms with Gasteiger partial charge in [-0.25, -0.2) is 13.4 Å². The number of para-hydroxylation sites is 1.